The minimum absolute atomic E-state index is 0.159. The van der Waals surface area contributed by atoms with Crippen LogP contribution in [-0.2, 0) is 14.8 Å². The number of unbranched alkanes of at least 4 members (excludes halogenated alkanes) is 1. The summed E-state index contributed by atoms with van der Waals surface area (Å²) in [5, 5.41) is 2.59. The molecule has 0 heterocycles. The van der Waals surface area contributed by atoms with Crippen LogP contribution in [0.2, 0.25) is 0 Å². The number of sulfonamides is 1. The molecule has 1 atom stereocenters. The Balaban J connectivity index is 2.79. The standard InChI is InChI=1S/C14H23N3O3S/c1-3-4-5-13(10-15)17-21(19,20)14-8-6-12(7-9-14)16-11(2)18/h6-9,13,17H,3-5,10,15H2,1-2H3,(H,16,18). The van der Waals surface area contributed by atoms with E-state index in [1.165, 1.54) is 19.1 Å². The zero-order chi connectivity index (χ0) is 15.9. The first-order valence-electron chi connectivity index (χ1n) is 6.99. The van der Waals surface area contributed by atoms with Crippen molar-refractivity contribution in [1.82, 2.24) is 4.72 Å². The van der Waals surface area contributed by atoms with Gasteiger partial charge in [0.1, 0.15) is 0 Å². The molecule has 4 N–H and O–H groups in total. The van der Waals surface area contributed by atoms with Gasteiger partial charge in [0.2, 0.25) is 15.9 Å². The molecule has 0 aliphatic carbocycles. The predicted octanol–water partition coefficient (Wildman–Crippen LogP) is 1.44. The van der Waals surface area contributed by atoms with Gasteiger partial charge in [0, 0.05) is 25.2 Å². The highest BCUT2D eigenvalue weighted by atomic mass is 32.2. The Kier molecular flexibility index (Phi) is 6.80. The molecule has 1 aromatic carbocycles. The molecule has 0 aromatic heterocycles. The first-order chi connectivity index (χ1) is 9.89. The highest BCUT2D eigenvalue weighted by Gasteiger charge is 2.18. The van der Waals surface area contributed by atoms with Crippen molar-refractivity contribution in [3.05, 3.63) is 24.3 Å². The van der Waals surface area contributed by atoms with Gasteiger partial charge in [-0.15, -0.1) is 0 Å². The van der Waals surface area contributed by atoms with Crippen LogP contribution in [0.4, 0.5) is 5.69 Å². The predicted molar refractivity (Wildman–Crippen MR) is 83.4 cm³/mol. The van der Waals surface area contributed by atoms with E-state index >= 15 is 0 Å². The highest BCUT2D eigenvalue weighted by Crippen LogP contribution is 2.15. The number of nitrogens with two attached hydrogens (primary N) is 1. The summed E-state index contributed by atoms with van der Waals surface area (Å²) < 4.78 is 27.1. The van der Waals surface area contributed by atoms with Gasteiger partial charge in [-0.05, 0) is 30.7 Å². The van der Waals surface area contributed by atoms with Gasteiger partial charge < -0.3 is 11.1 Å². The molecule has 6 nitrogen and oxygen atoms in total. The minimum atomic E-state index is -3.59. The molecule has 0 radical (unpaired) electrons. The summed E-state index contributed by atoms with van der Waals surface area (Å²) in [5.41, 5.74) is 6.16. The first kappa shape index (κ1) is 17.6. The summed E-state index contributed by atoms with van der Waals surface area (Å²) in [6.45, 7) is 3.71. The van der Waals surface area contributed by atoms with Gasteiger partial charge in [-0.25, -0.2) is 13.1 Å². The second kappa shape index (κ2) is 8.11. The van der Waals surface area contributed by atoms with Crippen LogP contribution in [0.3, 0.4) is 0 Å². The van der Waals surface area contributed by atoms with Crippen LogP contribution in [0.5, 0.6) is 0 Å². The van der Waals surface area contributed by atoms with E-state index in [1.807, 2.05) is 6.92 Å². The van der Waals surface area contributed by atoms with Crippen LogP contribution < -0.4 is 15.8 Å². The molecule has 1 unspecified atom stereocenters. The number of benzene rings is 1. The Bertz CT molecular complexity index is 555. The van der Waals surface area contributed by atoms with Gasteiger partial charge in [-0.1, -0.05) is 19.8 Å². The maximum atomic E-state index is 12.2. The molecule has 118 valence electrons. The molecule has 7 heteroatoms. The van der Waals surface area contributed by atoms with E-state index in [4.69, 9.17) is 5.73 Å². The van der Waals surface area contributed by atoms with Crippen LogP contribution in [0.15, 0.2) is 29.2 Å². The lowest BCUT2D eigenvalue weighted by Crippen LogP contribution is -2.40. The third-order valence-corrected chi connectivity index (χ3v) is 4.53. The smallest absolute Gasteiger partial charge is 0.240 e. The maximum absolute atomic E-state index is 12.2. The molecule has 0 bridgehead atoms. The van der Waals surface area contributed by atoms with Crippen molar-refractivity contribution in [3.63, 3.8) is 0 Å². The number of carbonyl (C=O) groups excluding carboxylic acids is 1. The molecule has 0 spiro atoms. The van der Waals surface area contributed by atoms with E-state index in [9.17, 15) is 13.2 Å². The SMILES string of the molecule is CCCCC(CN)NS(=O)(=O)c1ccc(NC(C)=O)cc1. The summed E-state index contributed by atoms with van der Waals surface area (Å²) in [6, 6.07) is 5.77. The average Bonchev–Trinajstić information content (AvgIpc) is 2.43. The first-order valence-corrected chi connectivity index (χ1v) is 8.47. The molecule has 0 aliphatic rings. The Morgan fingerprint density at radius 3 is 2.38 bits per heavy atom. The molecule has 0 saturated carbocycles. The van der Waals surface area contributed by atoms with Crippen molar-refractivity contribution in [2.75, 3.05) is 11.9 Å². The van der Waals surface area contributed by atoms with Crippen LogP contribution in [0.1, 0.15) is 33.1 Å². The van der Waals surface area contributed by atoms with Gasteiger partial charge >= 0.3 is 0 Å². The van der Waals surface area contributed by atoms with Gasteiger partial charge in [-0.2, -0.15) is 0 Å². The van der Waals surface area contributed by atoms with Crippen molar-refractivity contribution in [3.8, 4) is 0 Å². The Hall–Kier alpha value is -1.44. The monoisotopic (exact) mass is 313 g/mol. The fourth-order valence-corrected chi connectivity index (χ4v) is 3.17. The normalized spacial score (nSPS) is 12.9. The van der Waals surface area contributed by atoms with Gasteiger partial charge in [-0.3, -0.25) is 4.79 Å². The molecule has 1 rings (SSSR count). The topological polar surface area (TPSA) is 101 Å². The van der Waals surface area contributed by atoms with E-state index in [0.29, 0.717) is 5.69 Å². The van der Waals surface area contributed by atoms with Crippen molar-refractivity contribution in [2.45, 2.75) is 44.0 Å². The Morgan fingerprint density at radius 2 is 1.90 bits per heavy atom. The summed E-state index contributed by atoms with van der Waals surface area (Å²) >= 11 is 0. The van der Waals surface area contributed by atoms with Crippen molar-refractivity contribution in [1.29, 1.82) is 0 Å². The third-order valence-electron chi connectivity index (χ3n) is 3.00. The van der Waals surface area contributed by atoms with Gasteiger partial charge in [0.05, 0.1) is 4.90 Å². The van der Waals surface area contributed by atoms with Gasteiger partial charge in [0.25, 0.3) is 0 Å². The van der Waals surface area contributed by atoms with Crippen molar-refractivity contribution in [2.24, 2.45) is 5.73 Å². The summed E-state index contributed by atoms with van der Waals surface area (Å²) in [4.78, 5) is 11.1. The van der Waals surface area contributed by atoms with Crippen molar-refractivity contribution < 1.29 is 13.2 Å². The van der Waals surface area contributed by atoms with E-state index < -0.39 is 10.0 Å². The number of rotatable bonds is 8. The maximum Gasteiger partial charge on any atom is 0.240 e. The fraction of sp³-hybridized carbons (Fsp3) is 0.500. The Labute approximate surface area is 126 Å². The second-order valence-corrected chi connectivity index (χ2v) is 6.62. The van der Waals surface area contributed by atoms with E-state index in [-0.39, 0.29) is 23.4 Å². The second-order valence-electron chi connectivity index (χ2n) is 4.90. The van der Waals surface area contributed by atoms with Crippen LogP contribution in [0, 0.1) is 0 Å². The van der Waals surface area contributed by atoms with Gasteiger partial charge in [0.15, 0.2) is 0 Å². The lowest BCUT2D eigenvalue weighted by molar-refractivity contribution is -0.114. The molecule has 0 saturated heterocycles. The van der Waals surface area contributed by atoms with Crippen LogP contribution in [0.25, 0.3) is 0 Å². The zero-order valence-electron chi connectivity index (χ0n) is 12.4. The summed E-state index contributed by atoms with van der Waals surface area (Å²) in [7, 11) is -3.59. The Morgan fingerprint density at radius 1 is 1.29 bits per heavy atom. The number of nitrogens with one attached hydrogen (secondary N) is 2. The van der Waals surface area contributed by atoms with E-state index in [2.05, 4.69) is 10.0 Å². The quantitative estimate of drug-likeness (QED) is 0.676. The lowest BCUT2D eigenvalue weighted by atomic mass is 10.1. The molecule has 0 fully saturated rings. The summed E-state index contributed by atoms with van der Waals surface area (Å²) in [6.07, 6.45) is 2.63. The number of carbonyl (C=O) groups is 1. The number of hydrogen-bond acceptors (Lipinski definition) is 4. The molecule has 1 amide bonds. The lowest BCUT2D eigenvalue weighted by Gasteiger charge is -2.16. The number of amides is 1. The van der Waals surface area contributed by atoms with E-state index in [1.54, 1.807) is 12.1 Å². The molecular weight excluding hydrogens is 290 g/mol. The third kappa shape index (κ3) is 5.82. The number of anilines is 1. The van der Waals surface area contributed by atoms with Crippen LogP contribution >= 0.6 is 0 Å². The summed E-state index contributed by atoms with van der Waals surface area (Å²) in [5.74, 6) is -0.202. The minimum Gasteiger partial charge on any atom is -0.329 e. The average molecular weight is 313 g/mol. The van der Waals surface area contributed by atoms with E-state index in [0.717, 1.165) is 19.3 Å². The highest BCUT2D eigenvalue weighted by molar-refractivity contribution is 7.89. The fourth-order valence-electron chi connectivity index (χ4n) is 1.88. The van der Waals surface area contributed by atoms with Crippen LogP contribution in [-0.4, -0.2) is 26.9 Å². The largest absolute Gasteiger partial charge is 0.329 e. The molecule has 21 heavy (non-hydrogen) atoms. The zero-order valence-corrected chi connectivity index (χ0v) is 13.2. The molecule has 1 aromatic rings. The molecule has 0 aliphatic heterocycles. The van der Waals surface area contributed by atoms with Crippen molar-refractivity contribution >= 4 is 21.6 Å². The molecular formula is C14H23N3O3S. The number of hydrogen-bond donors (Lipinski definition) is 3.